The third-order valence-corrected chi connectivity index (χ3v) is 4.87. The maximum absolute atomic E-state index is 12.3. The monoisotopic (exact) mass is 362 g/mol. The Morgan fingerprint density at radius 3 is 2.58 bits per heavy atom. The number of carbonyl (C=O) groups is 1. The van der Waals surface area contributed by atoms with E-state index in [1.165, 1.54) is 11.3 Å². The van der Waals surface area contributed by atoms with E-state index >= 15 is 0 Å². The standard InChI is InChI=1S/C18H22N2O2S2/c1-4-14-12(3)24-16(15(14)17(21)22-5-2)20-18(23)19-11-13-9-7-6-8-10-13/h6-10H,4-5,11H2,1-3H3,(H2,19,20,23). The van der Waals surface area contributed by atoms with Crippen LogP contribution in [0.15, 0.2) is 30.3 Å². The van der Waals surface area contributed by atoms with Gasteiger partial charge in [-0.25, -0.2) is 4.79 Å². The van der Waals surface area contributed by atoms with Crippen LogP contribution in [0.1, 0.15) is 40.2 Å². The number of aryl methyl sites for hydroxylation is 1. The molecule has 2 N–H and O–H groups in total. The smallest absolute Gasteiger partial charge is 0.341 e. The number of benzene rings is 1. The number of thiocarbonyl (C=S) groups is 1. The summed E-state index contributed by atoms with van der Waals surface area (Å²) in [6.45, 7) is 6.84. The quantitative estimate of drug-likeness (QED) is 0.593. The Balaban J connectivity index is 2.10. The molecule has 2 rings (SSSR count). The van der Waals surface area contributed by atoms with Crippen LogP contribution < -0.4 is 10.6 Å². The van der Waals surface area contributed by atoms with E-state index in [4.69, 9.17) is 17.0 Å². The third kappa shape index (κ3) is 4.55. The molecular weight excluding hydrogens is 340 g/mol. The van der Waals surface area contributed by atoms with E-state index in [1.807, 2.05) is 51.1 Å². The van der Waals surface area contributed by atoms with Crippen LogP contribution >= 0.6 is 23.6 Å². The minimum atomic E-state index is -0.299. The van der Waals surface area contributed by atoms with Gasteiger partial charge < -0.3 is 15.4 Å². The summed E-state index contributed by atoms with van der Waals surface area (Å²) < 4.78 is 5.20. The predicted molar refractivity (Wildman–Crippen MR) is 104 cm³/mol. The highest BCUT2D eigenvalue weighted by molar-refractivity contribution is 7.80. The zero-order chi connectivity index (χ0) is 17.5. The molecule has 4 nitrogen and oxygen atoms in total. The highest BCUT2D eigenvalue weighted by Gasteiger charge is 2.22. The van der Waals surface area contributed by atoms with Crippen molar-refractivity contribution in [3.63, 3.8) is 0 Å². The minimum absolute atomic E-state index is 0.299. The van der Waals surface area contributed by atoms with Crippen molar-refractivity contribution in [2.24, 2.45) is 0 Å². The van der Waals surface area contributed by atoms with Crippen LogP contribution in [-0.2, 0) is 17.7 Å². The first-order chi connectivity index (χ1) is 11.6. The average Bonchev–Trinajstić information content (AvgIpc) is 2.89. The van der Waals surface area contributed by atoms with Crippen LogP contribution in [0, 0.1) is 6.92 Å². The maximum Gasteiger partial charge on any atom is 0.341 e. The predicted octanol–water partition coefficient (Wildman–Crippen LogP) is 4.28. The number of hydrogen-bond donors (Lipinski definition) is 2. The van der Waals surface area contributed by atoms with Crippen molar-refractivity contribution in [3.8, 4) is 0 Å². The normalized spacial score (nSPS) is 10.3. The second-order valence-electron chi connectivity index (χ2n) is 5.21. The lowest BCUT2D eigenvalue weighted by molar-refractivity contribution is 0.0527. The van der Waals surface area contributed by atoms with Gasteiger partial charge in [0.05, 0.1) is 12.2 Å². The van der Waals surface area contributed by atoms with Crippen LogP contribution in [0.4, 0.5) is 5.00 Å². The van der Waals surface area contributed by atoms with Crippen molar-refractivity contribution < 1.29 is 9.53 Å². The molecule has 1 aromatic carbocycles. The summed E-state index contributed by atoms with van der Waals surface area (Å²) in [5.74, 6) is -0.299. The summed E-state index contributed by atoms with van der Waals surface area (Å²) in [5.41, 5.74) is 2.77. The molecule has 24 heavy (non-hydrogen) atoms. The van der Waals surface area contributed by atoms with Gasteiger partial charge >= 0.3 is 5.97 Å². The van der Waals surface area contributed by atoms with Crippen molar-refractivity contribution >= 4 is 39.6 Å². The molecule has 1 aromatic heterocycles. The van der Waals surface area contributed by atoms with Gasteiger partial charge in [0, 0.05) is 11.4 Å². The summed E-state index contributed by atoms with van der Waals surface area (Å²) in [5, 5.41) is 7.56. The van der Waals surface area contributed by atoms with Crippen molar-refractivity contribution in [1.82, 2.24) is 5.32 Å². The van der Waals surface area contributed by atoms with Gasteiger partial charge in [-0.1, -0.05) is 37.3 Å². The first-order valence-corrected chi connectivity index (χ1v) is 9.17. The number of carbonyl (C=O) groups excluding carboxylic acids is 1. The van der Waals surface area contributed by atoms with E-state index in [-0.39, 0.29) is 5.97 Å². The fraction of sp³-hybridized carbons (Fsp3) is 0.333. The molecule has 0 fully saturated rings. The fourth-order valence-electron chi connectivity index (χ4n) is 2.44. The lowest BCUT2D eigenvalue weighted by atomic mass is 10.1. The molecule has 0 saturated heterocycles. The highest BCUT2D eigenvalue weighted by atomic mass is 32.1. The van der Waals surface area contributed by atoms with Gasteiger partial charge in [-0.15, -0.1) is 11.3 Å². The third-order valence-electron chi connectivity index (χ3n) is 3.57. The first kappa shape index (κ1) is 18.4. The Hall–Kier alpha value is -1.92. The van der Waals surface area contributed by atoms with Gasteiger partial charge in [-0.05, 0) is 43.6 Å². The number of esters is 1. The number of hydrogen-bond acceptors (Lipinski definition) is 4. The van der Waals surface area contributed by atoms with Crippen LogP contribution in [0.3, 0.4) is 0 Å². The maximum atomic E-state index is 12.3. The molecule has 0 unspecified atom stereocenters. The molecule has 0 saturated carbocycles. The average molecular weight is 363 g/mol. The molecule has 6 heteroatoms. The molecule has 0 aliphatic rings. The van der Waals surface area contributed by atoms with Crippen LogP contribution in [-0.4, -0.2) is 17.7 Å². The SMILES string of the molecule is CCOC(=O)c1c(NC(=S)NCc2ccccc2)sc(C)c1CC. The molecular formula is C18H22N2O2S2. The van der Waals surface area contributed by atoms with Gasteiger partial charge in [0.2, 0.25) is 0 Å². The Morgan fingerprint density at radius 2 is 1.96 bits per heavy atom. The van der Waals surface area contributed by atoms with E-state index in [0.29, 0.717) is 23.8 Å². The molecule has 0 bridgehead atoms. The first-order valence-electron chi connectivity index (χ1n) is 7.94. The van der Waals surface area contributed by atoms with E-state index in [2.05, 4.69) is 10.6 Å². The van der Waals surface area contributed by atoms with Crippen LogP contribution in [0.25, 0.3) is 0 Å². The van der Waals surface area contributed by atoms with Crippen molar-refractivity contribution in [2.75, 3.05) is 11.9 Å². The second-order valence-corrected chi connectivity index (χ2v) is 6.84. The second kappa shape index (κ2) is 8.80. The molecule has 1 heterocycles. The van der Waals surface area contributed by atoms with Crippen molar-refractivity contribution in [1.29, 1.82) is 0 Å². The number of ether oxygens (including phenoxy) is 1. The van der Waals surface area contributed by atoms with Gasteiger partial charge in [0.25, 0.3) is 0 Å². The highest BCUT2D eigenvalue weighted by Crippen LogP contribution is 2.34. The Bertz CT molecular complexity index is 711. The van der Waals surface area contributed by atoms with Gasteiger partial charge in [-0.3, -0.25) is 0 Å². The summed E-state index contributed by atoms with van der Waals surface area (Å²) in [4.78, 5) is 13.4. The molecule has 0 amide bonds. The molecule has 2 aromatic rings. The molecule has 0 aliphatic heterocycles. The lowest BCUT2D eigenvalue weighted by Gasteiger charge is -2.11. The summed E-state index contributed by atoms with van der Waals surface area (Å²) in [6, 6.07) is 10.0. The molecule has 0 aliphatic carbocycles. The summed E-state index contributed by atoms with van der Waals surface area (Å²) >= 11 is 6.90. The Kier molecular flexibility index (Phi) is 6.75. The molecule has 128 valence electrons. The summed E-state index contributed by atoms with van der Waals surface area (Å²) in [7, 11) is 0. The molecule has 0 radical (unpaired) electrons. The number of anilines is 1. The molecule has 0 spiro atoms. The topological polar surface area (TPSA) is 50.4 Å². The van der Waals surface area contributed by atoms with Gasteiger partial charge in [0.1, 0.15) is 5.00 Å². The van der Waals surface area contributed by atoms with Crippen LogP contribution in [0.2, 0.25) is 0 Å². The zero-order valence-corrected chi connectivity index (χ0v) is 15.8. The van der Waals surface area contributed by atoms with E-state index < -0.39 is 0 Å². The fourth-order valence-corrected chi connectivity index (χ4v) is 3.81. The Labute approximate surface area is 152 Å². The minimum Gasteiger partial charge on any atom is -0.462 e. The van der Waals surface area contributed by atoms with Crippen LogP contribution in [0.5, 0.6) is 0 Å². The van der Waals surface area contributed by atoms with E-state index in [9.17, 15) is 4.79 Å². The zero-order valence-electron chi connectivity index (χ0n) is 14.1. The lowest BCUT2D eigenvalue weighted by Crippen LogP contribution is -2.28. The van der Waals surface area contributed by atoms with Crippen molar-refractivity contribution in [3.05, 3.63) is 51.9 Å². The number of rotatable bonds is 6. The molecule has 0 atom stereocenters. The van der Waals surface area contributed by atoms with E-state index in [0.717, 1.165) is 27.4 Å². The Morgan fingerprint density at radius 1 is 1.25 bits per heavy atom. The van der Waals surface area contributed by atoms with Crippen molar-refractivity contribution in [2.45, 2.75) is 33.7 Å². The van der Waals surface area contributed by atoms with Gasteiger partial charge in [-0.2, -0.15) is 0 Å². The van der Waals surface area contributed by atoms with Gasteiger partial charge in [0.15, 0.2) is 5.11 Å². The number of thiophene rings is 1. The van der Waals surface area contributed by atoms with E-state index in [1.54, 1.807) is 0 Å². The largest absolute Gasteiger partial charge is 0.462 e. The number of nitrogens with one attached hydrogen (secondary N) is 2. The summed E-state index contributed by atoms with van der Waals surface area (Å²) in [6.07, 6.45) is 0.780.